The van der Waals surface area contributed by atoms with E-state index in [1.807, 2.05) is 54.6 Å². The number of carbonyl (C=O) groups is 1. The van der Waals surface area contributed by atoms with E-state index in [4.69, 9.17) is 15.2 Å². The molecule has 0 radical (unpaired) electrons. The second-order valence-electron chi connectivity index (χ2n) is 6.36. The van der Waals surface area contributed by atoms with Crippen molar-refractivity contribution < 1.29 is 19.4 Å². The molecule has 0 spiro atoms. The minimum atomic E-state index is -0.244. The molecule has 144 valence electrons. The minimum Gasteiger partial charge on any atom is -0.504 e. The van der Waals surface area contributed by atoms with Crippen molar-refractivity contribution in [1.82, 2.24) is 0 Å². The first-order chi connectivity index (χ1) is 13.6. The van der Waals surface area contributed by atoms with Crippen molar-refractivity contribution in [2.24, 2.45) is 0 Å². The molecule has 0 aromatic heterocycles. The number of carbonyl (C=O) groups excluding carboxylic acids is 1. The molecule has 0 fully saturated rings. The van der Waals surface area contributed by atoms with E-state index in [2.05, 4.69) is 0 Å². The standard InChI is InChI=1S/C23H23NO4/c1-2-21(26)27-15-17-9-6-10-18(13-17)19-11-12-20(25)23(22(19)24)28-14-16-7-4-3-5-8-16/h3-13,25H,2,14-15,24H2,1H3. The average Bonchev–Trinajstić information content (AvgIpc) is 2.73. The fraction of sp³-hybridized carbons (Fsp3) is 0.174. The number of hydrogen-bond donors (Lipinski definition) is 2. The third-order valence-corrected chi connectivity index (χ3v) is 4.33. The zero-order valence-electron chi connectivity index (χ0n) is 15.7. The summed E-state index contributed by atoms with van der Waals surface area (Å²) in [7, 11) is 0. The Labute approximate surface area is 164 Å². The van der Waals surface area contributed by atoms with Crippen LogP contribution in [0.3, 0.4) is 0 Å². The Morgan fingerprint density at radius 1 is 0.964 bits per heavy atom. The monoisotopic (exact) mass is 377 g/mol. The predicted molar refractivity (Wildman–Crippen MR) is 109 cm³/mol. The van der Waals surface area contributed by atoms with Gasteiger partial charge in [-0.3, -0.25) is 4.79 Å². The molecule has 0 bridgehead atoms. The lowest BCUT2D eigenvalue weighted by molar-refractivity contribution is -0.144. The maximum Gasteiger partial charge on any atom is 0.305 e. The van der Waals surface area contributed by atoms with Crippen molar-refractivity contribution >= 4 is 11.7 Å². The lowest BCUT2D eigenvalue weighted by atomic mass is 10.0. The normalized spacial score (nSPS) is 10.5. The molecule has 0 atom stereocenters. The maximum atomic E-state index is 11.4. The minimum absolute atomic E-state index is 0.00906. The molecule has 0 saturated heterocycles. The number of benzene rings is 3. The molecule has 0 saturated carbocycles. The first-order valence-electron chi connectivity index (χ1n) is 9.11. The van der Waals surface area contributed by atoms with Crippen molar-refractivity contribution in [3.8, 4) is 22.6 Å². The van der Waals surface area contributed by atoms with Gasteiger partial charge in [-0.2, -0.15) is 0 Å². The molecule has 3 rings (SSSR count). The Hall–Kier alpha value is -3.47. The summed E-state index contributed by atoms with van der Waals surface area (Å²) in [5, 5.41) is 10.2. The van der Waals surface area contributed by atoms with Crippen LogP contribution in [0.2, 0.25) is 0 Å². The largest absolute Gasteiger partial charge is 0.504 e. The number of ether oxygens (including phenoxy) is 2. The summed E-state index contributed by atoms with van der Waals surface area (Å²) in [6.07, 6.45) is 0.340. The van der Waals surface area contributed by atoms with Gasteiger partial charge in [0.1, 0.15) is 13.2 Å². The van der Waals surface area contributed by atoms with Crippen LogP contribution in [0, 0.1) is 0 Å². The summed E-state index contributed by atoms with van der Waals surface area (Å²) in [4.78, 5) is 11.4. The number of rotatable bonds is 7. The van der Waals surface area contributed by atoms with Gasteiger partial charge in [0, 0.05) is 12.0 Å². The molecule has 3 aromatic carbocycles. The Kier molecular flexibility index (Phi) is 6.17. The van der Waals surface area contributed by atoms with E-state index in [9.17, 15) is 9.90 Å². The molecular formula is C23H23NO4. The van der Waals surface area contributed by atoms with Gasteiger partial charge >= 0.3 is 5.97 Å². The summed E-state index contributed by atoms with van der Waals surface area (Å²) in [6, 6.07) is 20.6. The molecule has 3 N–H and O–H groups in total. The van der Waals surface area contributed by atoms with Gasteiger partial charge in [0.05, 0.1) is 5.69 Å². The summed E-state index contributed by atoms with van der Waals surface area (Å²) in [6.45, 7) is 2.26. The quantitative estimate of drug-likeness (QED) is 0.462. The second kappa shape index (κ2) is 8.95. The molecule has 3 aromatic rings. The predicted octanol–water partition coefficient (Wildman–Crippen LogP) is 4.67. The van der Waals surface area contributed by atoms with Crippen LogP contribution in [0.25, 0.3) is 11.1 Å². The van der Waals surface area contributed by atoms with Gasteiger partial charge in [0.15, 0.2) is 11.5 Å². The number of phenols is 1. The molecule has 28 heavy (non-hydrogen) atoms. The van der Waals surface area contributed by atoms with Crippen LogP contribution < -0.4 is 10.5 Å². The van der Waals surface area contributed by atoms with Crippen LogP contribution in [-0.4, -0.2) is 11.1 Å². The van der Waals surface area contributed by atoms with E-state index in [0.29, 0.717) is 18.7 Å². The van der Waals surface area contributed by atoms with Gasteiger partial charge in [0.2, 0.25) is 0 Å². The first kappa shape index (κ1) is 19.3. The number of phenolic OH excluding ortho intramolecular Hbond substituents is 1. The summed E-state index contributed by atoms with van der Waals surface area (Å²) < 4.78 is 11.0. The van der Waals surface area contributed by atoms with Gasteiger partial charge in [-0.15, -0.1) is 0 Å². The second-order valence-corrected chi connectivity index (χ2v) is 6.36. The molecule has 0 aliphatic heterocycles. The molecular weight excluding hydrogens is 354 g/mol. The van der Waals surface area contributed by atoms with Crippen LogP contribution in [0.1, 0.15) is 24.5 Å². The van der Waals surface area contributed by atoms with Crippen LogP contribution in [0.15, 0.2) is 66.7 Å². The fourth-order valence-electron chi connectivity index (χ4n) is 2.82. The summed E-state index contributed by atoms with van der Waals surface area (Å²) in [5.74, 6) is 0.000488. The van der Waals surface area contributed by atoms with E-state index in [1.54, 1.807) is 19.1 Å². The molecule has 5 heteroatoms. The lowest BCUT2D eigenvalue weighted by Gasteiger charge is -2.15. The lowest BCUT2D eigenvalue weighted by Crippen LogP contribution is -2.03. The van der Waals surface area contributed by atoms with Crippen LogP contribution in [0.5, 0.6) is 11.5 Å². The number of hydrogen-bond acceptors (Lipinski definition) is 5. The Morgan fingerprint density at radius 2 is 1.71 bits per heavy atom. The maximum absolute atomic E-state index is 11.4. The van der Waals surface area contributed by atoms with E-state index < -0.39 is 0 Å². The highest BCUT2D eigenvalue weighted by Gasteiger charge is 2.14. The van der Waals surface area contributed by atoms with E-state index >= 15 is 0 Å². The van der Waals surface area contributed by atoms with Gasteiger partial charge in [-0.25, -0.2) is 0 Å². The third-order valence-electron chi connectivity index (χ3n) is 4.33. The van der Waals surface area contributed by atoms with Crippen LogP contribution in [0.4, 0.5) is 5.69 Å². The topological polar surface area (TPSA) is 81.8 Å². The highest BCUT2D eigenvalue weighted by Crippen LogP contribution is 2.40. The number of nitrogens with two attached hydrogens (primary N) is 1. The molecule has 0 unspecified atom stereocenters. The number of esters is 1. The zero-order valence-corrected chi connectivity index (χ0v) is 15.7. The summed E-state index contributed by atoms with van der Waals surface area (Å²) >= 11 is 0. The number of nitrogen functional groups attached to an aromatic ring is 1. The van der Waals surface area contributed by atoms with Crippen molar-refractivity contribution in [3.05, 3.63) is 77.9 Å². The molecule has 0 aliphatic carbocycles. The number of aromatic hydroxyl groups is 1. The van der Waals surface area contributed by atoms with Crippen molar-refractivity contribution in [1.29, 1.82) is 0 Å². The number of anilines is 1. The van der Waals surface area contributed by atoms with Crippen molar-refractivity contribution in [2.75, 3.05) is 5.73 Å². The van der Waals surface area contributed by atoms with Crippen LogP contribution in [-0.2, 0) is 22.7 Å². The fourth-order valence-corrected chi connectivity index (χ4v) is 2.82. The van der Waals surface area contributed by atoms with Crippen LogP contribution >= 0.6 is 0 Å². The van der Waals surface area contributed by atoms with E-state index in [1.165, 1.54) is 0 Å². The summed E-state index contributed by atoms with van der Waals surface area (Å²) in [5.41, 5.74) is 10.1. The van der Waals surface area contributed by atoms with E-state index in [-0.39, 0.29) is 24.1 Å². The Bertz CT molecular complexity index is 954. The van der Waals surface area contributed by atoms with Gasteiger partial charge in [-0.05, 0) is 34.9 Å². The van der Waals surface area contributed by atoms with Gasteiger partial charge in [-0.1, -0.05) is 55.5 Å². The van der Waals surface area contributed by atoms with Crippen molar-refractivity contribution in [2.45, 2.75) is 26.6 Å². The first-order valence-corrected chi connectivity index (χ1v) is 9.11. The average molecular weight is 377 g/mol. The smallest absolute Gasteiger partial charge is 0.305 e. The molecule has 5 nitrogen and oxygen atoms in total. The Balaban J connectivity index is 1.83. The zero-order chi connectivity index (χ0) is 19.9. The Morgan fingerprint density at radius 3 is 2.46 bits per heavy atom. The van der Waals surface area contributed by atoms with E-state index in [0.717, 1.165) is 22.3 Å². The highest BCUT2D eigenvalue weighted by molar-refractivity contribution is 5.83. The molecule has 0 aliphatic rings. The SMILES string of the molecule is CCC(=O)OCc1cccc(-c2ccc(O)c(OCc3ccccc3)c2N)c1. The third kappa shape index (κ3) is 4.62. The molecule has 0 amide bonds. The molecule has 0 heterocycles. The van der Waals surface area contributed by atoms with Gasteiger partial charge < -0.3 is 20.3 Å². The van der Waals surface area contributed by atoms with Crippen molar-refractivity contribution in [3.63, 3.8) is 0 Å². The highest BCUT2D eigenvalue weighted by atomic mass is 16.5. The van der Waals surface area contributed by atoms with Gasteiger partial charge in [0.25, 0.3) is 0 Å².